The molecule has 2 rings (SSSR count). The molecule has 0 saturated carbocycles. The lowest BCUT2D eigenvalue weighted by molar-refractivity contribution is -0.141. The van der Waals surface area contributed by atoms with Crippen molar-refractivity contribution >= 4 is 28.6 Å². The van der Waals surface area contributed by atoms with E-state index in [1.807, 2.05) is 0 Å². The van der Waals surface area contributed by atoms with Crippen LogP contribution < -0.4 is 10.1 Å². The highest BCUT2D eigenvalue weighted by Crippen LogP contribution is 2.31. The van der Waals surface area contributed by atoms with Gasteiger partial charge in [-0.15, -0.1) is 0 Å². The second-order valence-corrected chi connectivity index (χ2v) is 5.44. The van der Waals surface area contributed by atoms with Gasteiger partial charge in [0, 0.05) is 25.2 Å². The zero-order valence-electron chi connectivity index (χ0n) is 13.6. The van der Waals surface area contributed by atoms with E-state index in [9.17, 15) is 18.4 Å². The number of carboxylic acids is 1. The minimum absolute atomic E-state index is 0.0130. The standard InChI is InChI=1S/C16H17F2N3O4/c1-9(14(22)23)8-21(2)16(24)20-11-5-6-12(25-15(17)18)10-4-3-7-19-13(10)11/h3-7,9,15H,8H2,1-2H3,(H,20,24)(H,22,23). The molecule has 1 aromatic heterocycles. The van der Waals surface area contributed by atoms with Crippen molar-refractivity contribution in [1.29, 1.82) is 0 Å². The molecule has 0 spiro atoms. The lowest BCUT2D eigenvalue weighted by Gasteiger charge is -2.20. The molecule has 1 atom stereocenters. The molecule has 0 aliphatic heterocycles. The fourth-order valence-electron chi connectivity index (χ4n) is 2.23. The fraction of sp³-hybridized carbons (Fsp3) is 0.312. The van der Waals surface area contributed by atoms with E-state index in [0.29, 0.717) is 11.1 Å². The van der Waals surface area contributed by atoms with Crippen LogP contribution in [0.2, 0.25) is 0 Å². The van der Waals surface area contributed by atoms with Gasteiger partial charge in [0.05, 0.1) is 17.1 Å². The van der Waals surface area contributed by atoms with Gasteiger partial charge in [0.15, 0.2) is 0 Å². The van der Waals surface area contributed by atoms with Gasteiger partial charge in [0.2, 0.25) is 0 Å². The van der Waals surface area contributed by atoms with E-state index in [1.54, 1.807) is 12.1 Å². The van der Waals surface area contributed by atoms with Crippen molar-refractivity contribution in [3.05, 3.63) is 30.5 Å². The number of hydrogen-bond donors (Lipinski definition) is 2. The van der Waals surface area contributed by atoms with Crippen molar-refractivity contribution in [1.82, 2.24) is 9.88 Å². The van der Waals surface area contributed by atoms with Crippen LogP contribution in [0.1, 0.15) is 6.92 Å². The third kappa shape index (κ3) is 4.52. The normalized spacial score (nSPS) is 12.0. The molecule has 9 heteroatoms. The Labute approximate surface area is 142 Å². The van der Waals surface area contributed by atoms with Gasteiger partial charge in [-0.25, -0.2) is 4.79 Å². The first kappa shape index (κ1) is 18.4. The number of pyridine rings is 1. The number of amides is 2. The van der Waals surface area contributed by atoms with Gasteiger partial charge in [-0.3, -0.25) is 9.78 Å². The molecule has 0 bridgehead atoms. The van der Waals surface area contributed by atoms with Gasteiger partial charge in [-0.05, 0) is 24.3 Å². The Morgan fingerprint density at radius 1 is 1.36 bits per heavy atom. The number of benzene rings is 1. The SMILES string of the molecule is CC(CN(C)C(=O)Nc1ccc(OC(F)F)c2cccnc12)C(=O)O. The second kappa shape index (κ2) is 7.73. The number of carboxylic acid groups (broad SMARTS) is 1. The highest BCUT2D eigenvalue weighted by Gasteiger charge is 2.19. The number of nitrogens with one attached hydrogen (secondary N) is 1. The summed E-state index contributed by atoms with van der Waals surface area (Å²) in [5.74, 6) is -1.79. The number of nitrogens with zero attached hydrogens (tertiary/aromatic N) is 2. The Balaban J connectivity index is 2.24. The van der Waals surface area contributed by atoms with Crippen LogP contribution in [0.15, 0.2) is 30.5 Å². The van der Waals surface area contributed by atoms with Crippen molar-refractivity contribution in [2.75, 3.05) is 18.9 Å². The number of ether oxygens (including phenoxy) is 1. The van der Waals surface area contributed by atoms with Crippen LogP contribution in [-0.4, -0.2) is 47.2 Å². The molecule has 0 fully saturated rings. The molecule has 1 unspecified atom stereocenters. The van der Waals surface area contributed by atoms with Crippen molar-refractivity contribution in [3.8, 4) is 5.75 Å². The van der Waals surface area contributed by atoms with E-state index >= 15 is 0 Å². The molecule has 2 N–H and O–H groups in total. The molecular weight excluding hydrogens is 336 g/mol. The quantitative estimate of drug-likeness (QED) is 0.833. The molecule has 0 aliphatic carbocycles. The van der Waals surface area contributed by atoms with Crippen LogP contribution in [0, 0.1) is 5.92 Å². The first-order chi connectivity index (χ1) is 11.8. The molecule has 0 aliphatic rings. The maximum absolute atomic E-state index is 12.5. The van der Waals surface area contributed by atoms with Gasteiger partial charge in [0.25, 0.3) is 0 Å². The Hall–Kier alpha value is -2.97. The first-order valence-electron chi connectivity index (χ1n) is 7.37. The predicted octanol–water partition coefficient (Wildman–Crippen LogP) is 3.02. The lowest BCUT2D eigenvalue weighted by atomic mass is 10.1. The topological polar surface area (TPSA) is 91.8 Å². The molecule has 1 aromatic carbocycles. The first-order valence-corrected chi connectivity index (χ1v) is 7.37. The summed E-state index contributed by atoms with van der Waals surface area (Å²) in [6.07, 6.45) is 1.46. The largest absolute Gasteiger partial charge is 0.481 e. The summed E-state index contributed by atoms with van der Waals surface area (Å²) >= 11 is 0. The summed E-state index contributed by atoms with van der Waals surface area (Å²) in [7, 11) is 1.46. The third-order valence-corrected chi connectivity index (χ3v) is 3.50. The number of aromatic nitrogens is 1. The van der Waals surface area contributed by atoms with Gasteiger partial charge in [-0.2, -0.15) is 8.78 Å². The van der Waals surface area contributed by atoms with Crippen LogP contribution >= 0.6 is 0 Å². The summed E-state index contributed by atoms with van der Waals surface area (Å²) < 4.78 is 29.4. The number of aliphatic carboxylic acids is 1. The van der Waals surface area contributed by atoms with Gasteiger partial charge in [-0.1, -0.05) is 6.92 Å². The highest BCUT2D eigenvalue weighted by molar-refractivity contribution is 6.01. The number of rotatable bonds is 6. The molecule has 2 aromatic rings. The zero-order valence-corrected chi connectivity index (χ0v) is 13.6. The van der Waals surface area contributed by atoms with E-state index in [4.69, 9.17) is 5.11 Å². The van der Waals surface area contributed by atoms with Crippen LogP contribution in [0.25, 0.3) is 10.9 Å². The second-order valence-electron chi connectivity index (χ2n) is 5.44. The molecule has 0 radical (unpaired) electrons. The predicted molar refractivity (Wildman–Crippen MR) is 86.8 cm³/mol. The monoisotopic (exact) mass is 353 g/mol. The summed E-state index contributed by atoms with van der Waals surface area (Å²) in [5.41, 5.74) is 0.589. The average Bonchev–Trinajstić information content (AvgIpc) is 2.56. The van der Waals surface area contributed by atoms with Gasteiger partial charge < -0.3 is 20.1 Å². The van der Waals surface area contributed by atoms with Crippen LogP contribution in [0.4, 0.5) is 19.3 Å². The Morgan fingerprint density at radius 3 is 2.72 bits per heavy atom. The number of urea groups is 1. The van der Waals surface area contributed by atoms with Crippen LogP contribution in [0.5, 0.6) is 5.75 Å². The van der Waals surface area contributed by atoms with E-state index in [2.05, 4.69) is 15.0 Å². The minimum Gasteiger partial charge on any atom is -0.481 e. The maximum atomic E-state index is 12.5. The highest BCUT2D eigenvalue weighted by atomic mass is 19.3. The zero-order chi connectivity index (χ0) is 18.6. The maximum Gasteiger partial charge on any atom is 0.387 e. The Kier molecular flexibility index (Phi) is 5.68. The summed E-state index contributed by atoms with van der Waals surface area (Å²) in [5, 5.41) is 11.8. The number of halogens is 2. The molecular formula is C16H17F2N3O4. The van der Waals surface area contributed by atoms with Crippen LogP contribution in [0.3, 0.4) is 0 Å². The molecule has 7 nitrogen and oxygen atoms in total. The number of alkyl halides is 2. The number of carbonyl (C=O) groups is 2. The minimum atomic E-state index is -2.98. The van der Waals surface area contributed by atoms with E-state index in [-0.39, 0.29) is 17.8 Å². The van der Waals surface area contributed by atoms with Gasteiger partial charge >= 0.3 is 18.6 Å². The number of anilines is 1. The third-order valence-electron chi connectivity index (χ3n) is 3.50. The van der Waals surface area contributed by atoms with Crippen molar-refractivity contribution in [3.63, 3.8) is 0 Å². The van der Waals surface area contributed by atoms with Crippen molar-refractivity contribution < 1.29 is 28.2 Å². The summed E-state index contributed by atoms with van der Waals surface area (Å²) in [6, 6.07) is 5.28. The van der Waals surface area contributed by atoms with Crippen molar-refractivity contribution in [2.24, 2.45) is 5.92 Å². The average molecular weight is 353 g/mol. The molecule has 0 saturated heterocycles. The molecule has 134 valence electrons. The molecule has 1 heterocycles. The fourth-order valence-corrected chi connectivity index (χ4v) is 2.23. The lowest BCUT2D eigenvalue weighted by Crippen LogP contribution is -2.36. The molecule has 2 amide bonds. The van der Waals surface area contributed by atoms with E-state index in [1.165, 1.54) is 37.2 Å². The summed E-state index contributed by atoms with van der Waals surface area (Å²) in [4.78, 5) is 28.4. The van der Waals surface area contributed by atoms with Crippen LogP contribution in [-0.2, 0) is 4.79 Å². The Bertz CT molecular complexity index is 785. The number of fused-ring (bicyclic) bond motifs is 1. The smallest absolute Gasteiger partial charge is 0.387 e. The molecule has 25 heavy (non-hydrogen) atoms. The van der Waals surface area contributed by atoms with E-state index in [0.717, 1.165) is 0 Å². The van der Waals surface area contributed by atoms with Gasteiger partial charge in [0.1, 0.15) is 5.75 Å². The van der Waals surface area contributed by atoms with E-state index < -0.39 is 24.5 Å². The number of carbonyl (C=O) groups excluding carboxylic acids is 1. The Morgan fingerprint density at radius 2 is 2.08 bits per heavy atom. The van der Waals surface area contributed by atoms with Crippen molar-refractivity contribution in [2.45, 2.75) is 13.5 Å². The summed E-state index contributed by atoms with van der Waals surface area (Å²) in [6.45, 7) is -1.48. The number of hydrogen-bond acceptors (Lipinski definition) is 4.